The molecule has 0 aliphatic carbocycles. The van der Waals surface area contributed by atoms with E-state index in [2.05, 4.69) is 20.1 Å². The minimum atomic E-state index is -0.197. The van der Waals surface area contributed by atoms with E-state index in [0.29, 0.717) is 5.69 Å². The van der Waals surface area contributed by atoms with E-state index in [0.717, 1.165) is 42.5 Å². The number of carbonyl (C=O) groups is 2. The van der Waals surface area contributed by atoms with Crippen LogP contribution in [-0.4, -0.2) is 38.4 Å². The summed E-state index contributed by atoms with van der Waals surface area (Å²) in [7, 11) is 0. The Labute approximate surface area is 162 Å². The molecule has 142 valence electrons. The van der Waals surface area contributed by atoms with Crippen LogP contribution in [0.5, 0.6) is 0 Å². The van der Waals surface area contributed by atoms with Crippen molar-refractivity contribution in [1.82, 2.24) is 14.8 Å². The number of hydrogen-bond acceptors (Lipinski definition) is 5. The van der Waals surface area contributed by atoms with E-state index in [1.165, 1.54) is 18.2 Å². The van der Waals surface area contributed by atoms with Gasteiger partial charge < -0.3 is 14.8 Å². The van der Waals surface area contributed by atoms with Crippen molar-refractivity contribution in [1.29, 1.82) is 0 Å². The van der Waals surface area contributed by atoms with Crippen molar-refractivity contribution >= 4 is 35.0 Å². The Morgan fingerprint density at radius 1 is 1.26 bits per heavy atom. The maximum atomic E-state index is 13.1. The van der Waals surface area contributed by atoms with Gasteiger partial charge in [0.2, 0.25) is 11.8 Å². The summed E-state index contributed by atoms with van der Waals surface area (Å²) in [6, 6.07) is 7.25. The van der Waals surface area contributed by atoms with Crippen LogP contribution < -0.4 is 10.2 Å². The number of benzene rings is 1. The fourth-order valence-electron chi connectivity index (χ4n) is 3.73. The summed E-state index contributed by atoms with van der Waals surface area (Å²) in [5.41, 5.74) is 1.43. The Morgan fingerprint density at radius 2 is 2.11 bits per heavy atom. The largest absolute Gasteiger partial charge is 0.324 e. The first kappa shape index (κ1) is 18.0. The molecule has 2 aliphatic rings. The average molecular weight is 385 g/mol. The first-order valence-corrected chi connectivity index (χ1v) is 10.4. The van der Waals surface area contributed by atoms with Gasteiger partial charge >= 0.3 is 0 Å². The summed E-state index contributed by atoms with van der Waals surface area (Å²) in [4.78, 5) is 26.9. The zero-order valence-electron chi connectivity index (χ0n) is 15.4. The lowest BCUT2D eigenvalue weighted by atomic mass is 10.2. The molecule has 2 aliphatic heterocycles. The van der Waals surface area contributed by atoms with E-state index in [9.17, 15) is 9.59 Å². The summed E-state index contributed by atoms with van der Waals surface area (Å²) in [5, 5.41) is 12.3. The van der Waals surface area contributed by atoms with Crippen LogP contribution in [0.25, 0.3) is 0 Å². The number of hydrogen-bond donors (Lipinski definition) is 1. The van der Waals surface area contributed by atoms with Crippen molar-refractivity contribution < 1.29 is 9.59 Å². The van der Waals surface area contributed by atoms with E-state index >= 15 is 0 Å². The Hall–Kier alpha value is -2.35. The fraction of sp³-hybridized carbons (Fsp3) is 0.474. The average Bonchev–Trinajstić information content (AvgIpc) is 2.80. The lowest BCUT2D eigenvalue weighted by Crippen LogP contribution is -2.40. The Morgan fingerprint density at radius 3 is 3.00 bits per heavy atom. The predicted molar refractivity (Wildman–Crippen MR) is 105 cm³/mol. The molecule has 2 aromatic rings. The molecular formula is C19H23N5O2S. The van der Waals surface area contributed by atoms with Crippen LogP contribution in [0.4, 0.5) is 11.4 Å². The molecule has 0 unspecified atom stereocenters. The number of aryl methyl sites for hydroxylation is 1. The van der Waals surface area contributed by atoms with Crippen molar-refractivity contribution in [2.75, 3.05) is 16.0 Å². The number of rotatable bonds is 3. The zero-order valence-corrected chi connectivity index (χ0v) is 16.2. The second-order valence-electron chi connectivity index (χ2n) is 7.03. The lowest BCUT2D eigenvalue weighted by Gasteiger charge is -2.27. The van der Waals surface area contributed by atoms with E-state index < -0.39 is 0 Å². The second kappa shape index (κ2) is 7.72. The molecule has 1 N–H and O–H groups in total. The molecule has 2 amide bonds. The first-order valence-electron chi connectivity index (χ1n) is 9.39. The normalized spacial score (nSPS) is 19.5. The number of thioether (sulfide) groups is 1. The second-order valence-corrected chi connectivity index (χ2v) is 7.97. The van der Waals surface area contributed by atoms with Crippen molar-refractivity contribution in [3.63, 3.8) is 0 Å². The van der Waals surface area contributed by atoms with Crippen LogP contribution >= 0.6 is 11.8 Å². The molecule has 1 aromatic heterocycles. The summed E-state index contributed by atoms with van der Waals surface area (Å²) >= 11 is 1.43. The van der Waals surface area contributed by atoms with E-state index in [1.807, 2.05) is 31.2 Å². The Balaban J connectivity index is 1.53. The molecular weight excluding hydrogens is 362 g/mol. The van der Waals surface area contributed by atoms with Crippen LogP contribution in [0.3, 0.4) is 0 Å². The van der Waals surface area contributed by atoms with Gasteiger partial charge in [-0.15, -0.1) is 10.2 Å². The van der Waals surface area contributed by atoms with Gasteiger partial charge in [0.05, 0.1) is 17.1 Å². The van der Waals surface area contributed by atoms with Gasteiger partial charge in [-0.25, -0.2) is 0 Å². The van der Waals surface area contributed by atoms with Crippen molar-refractivity contribution in [3.8, 4) is 0 Å². The van der Waals surface area contributed by atoms with Gasteiger partial charge in [0.15, 0.2) is 5.16 Å². The van der Waals surface area contributed by atoms with Crippen molar-refractivity contribution in [3.05, 3.63) is 30.1 Å². The molecule has 0 radical (unpaired) electrons. The number of fused-ring (bicyclic) bond motifs is 2. The van der Waals surface area contributed by atoms with Crippen LogP contribution in [0.1, 0.15) is 38.4 Å². The summed E-state index contributed by atoms with van der Waals surface area (Å²) in [6.07, 6.45) is 4.70. The van der Waals surface area contributed by atoms with E-state index in [1.54, 1.807) is 4.90 Å². The SMILES string of the molecule is C[C@H]1CC(=O)Nc2ccccc2N1C(=O)CSc1nnc2n1CCCCC2. The lowest BCUT2D eigenvalue weighted by molar-refractivity contribution is -0.117. The summed E-state index contributed by atoms with van der Waals surface area (Å²) < 4.78 is 2.15. The molecule has 4 rings (SSSR count). The topological polar surface area (TPSA) is 80.1 Å². The minimum Gasteiger partial charge on any atom is -0.324 e. The minimum absolute atomic E-state index is 0.0255. The summed E-state index contributed by atoms with van der Waals surface area (Å²) in [5.74, 6) is 1.19. The smallest absolute Gasteiger partial charge is 0.237 e. The van der Waals surface area contributed by atoms with Gasteiger partial charge in [-0.3, -0.25) is 9.59 Å². The number of amides is 2. The van der Waals surface area contributed by atoms with Gasteiger partial charge in [-0.05, 0) is 31.9 Å². The molecule has 0 saturated carbocycles. The van der Waals surface area contributed by atoms with Gasteiger partial charge in [0, 0.05) is 25.4 Å². The van der Waals surface area contributed by atoms with Gasteiger partial charge in [0.25, 0.3) is 0 Å². The molecule has 27 heavy (non-hydrogen) atoms. The molecule has 0 saturated heterocycles. The highest BCUT2D eigenvalue weighted by Gasteiger charge is 2.29. The van der Waals surface area contributed by atoms with Gasteiger partial charge in [-0.1, -0.05) is 30.3 Å². The van der Waals surface area contributed by atoms with Crippen LogP contribution in [0, 0.1) is 0 Å². The third-order valence-corrected chi connectivity index (χ3v) is 5.98. The third kappa shape index (κ3) is 3.71. The molecule has 0 bridgehead atoms. The number of nitrogens with one attached hydrogen (secondary N) is 1. The molecule has 7 nitrogen and oxygen atoms in total. The Kier molecular flexibility index (Phi) is 5.15. The van der Waals surface area contributed by atoms with Gasteiger partial charge in [0.1, 0.15) is 5.82 Å². The highest BCUT2D eigenvalue weighted by molar-refractivity contribution is 7.99. The zero-order chi connectivity index (χ0) is 18.8. The van der Waals surface area contributed by atoms with Crippen molar-refractivity contribution in [2.24, 2.45) is 0 Å². The monoisotopic (exact) mass is 385 g/mol. The Bertz CT molecular complexity index is 866. The molecule has 1 atom stereocenters. The number of carbonyl (C=O) groups excluding carboxylic acids is 2. The molecule has 1 aromatic carbocycles. The number of anilines is 2. The maximum Gasteiger partial charge on any atom is 0.237 e. The molecule has 8 heteroatoms. The van der Waals surface area contributed by atoms with E-state index in [-0.39, 0.29) is 30.0 Å². The van der Waals surface area contributed by atoms with Crippen LogP contribution in [-0.2, 0) is 22.6 Å². The van der Waals surface area contributed by atoms with Crippen LogP contribution in [0.15, 0.2) is 29.4 Å². The third-order valence-electron chi connectivity index (χ3n) is 5.03. The first-order chi connectivity index (χ1) is 13.1. The maximum absolute atomic E-state index is 13.1. The fourth-order valence-corrected chi connectivity index (χ4v) is 4.57. The van der Waals surface area contributed by atoms with E-state index in [4.69, 9.17) is 0 Å². The summed E-state index contributed by atoms with van der Waals surface area (Å²) in [6.45, 7) is 2.83. The quantitative estimate of drug-likeness (QED) is 0.822. The number of aromatic nitrogens is 3. The standard InChI is InChI=1S/C19H23N5O2S/c1-13-11-17(25)20-14-7-4-5-8-15(14)24(13)18(26)12-27-19-22-21-16-9-3-2-6-10-23(16)19/h4-5,7-8,13H,2-3,6,9-12H2,1H3,(H,20,25)/t13-/m0/s1. The molecule has 0 spiro atoms. The van der Waals surface area contributed by atoms with Crippen LogP contribution in [0.2, 0.25) is 0 Å². The number of nitrogens with zero attached hydrogens (tertiary/aromatic N) is 4. The van der Waals surface area contributed by atoms with Crippen molar-refractivity contribution in [2.45, 2.75) is 56.8 Å². The highest BCUT2D eigenvalue weighted by Crippen LogP contribution is 2.32. The molecule has 0 fully saturated rings. The molecule has 3 heterocycles. The van der Waals surface area contributed by atoms with Gasteiger partial charge in [-0.2, -0.15) is 0 Å². The number of para-hydroxylation sites is 2. The highest BCUT2D eigenvalue weighted by atomic mass is 32.2. The predicted octanol–water partition coefficient (Wildman–Crippen LogP) is 2.86.